The van der Waals surface area contributed by atoms with E-state index in [2.05, 4.69) is 49.1 Å². The summed E-state index contributed by atoms with van der Waals surface area (Å²) < 4.78 is 0. The molecule has 0 spiro atoms. The smallest absolute Gasteiger partial charge is 0.0543 e. The maximum absolute atomic E-state index is 4.37. The molecule has 3 nitrogen and oxygen atoms in total. The first-order chi connectivity index (χ1) is 8.63. The van der Waals surface area contributed by atoms with Gasteiger partial charge >= 0.3 is 0 Å². The molecule has 1 aromatic heterocycles. The lowest BCUT2D eigenvalue weighted by Gasteiger charge is -2.27. The molecule has 0 radical (unpaired) electrons. The van der Waals surface area contributed by atoms with Crippen molar-refractivity contribution in [1.29, 1.82) is 0 Å². The van der Waals surface area contributed by atoms with Gasteiger partial charge in [-0.25, -0.2) is 0 Å². The predicted octanol–water partition coefficient (Wildman–Crippen LogP) is 2.68. The molecule has 1 rings (SSSR count). The minimum absolute atomic E-state index is 0.561. The lowest BCUT2D eigenvalue weighted by molar-refractivity contribution is 0.220. The highest BCUT2D eigenvalue weighted by Gasteiger charge is 2.13. The van der Waals surface area contributed by atoms with Crippen LogP contribution in [0.3, 0.4) is 0 Å². The van der Waals surface area contributed by atoms with E-state index in [9.17, 15) is 0 Å². The zero-order chi connectivity index (χ0) is 13.4. The van der Waals surface area contributed by atoms with Gasteiger partial charge in [-0.15, -0.1) is 0 Å². The molecule has 0 aliphatic carbocycles. The van der Waals surface area contributed by atoms with Crippen molar-refractivity contribution >= 4 is 0 Å². The monoisotopic (exact) mass is 249 g/mol. The fourth-order valence-electron chi connectivity index (χ4n) is 2.07. The van der Waals surface area contributed by atoms with Gasteiger partial charge < -0.3 is 5.32 Å². The Balaban J connectivity index is 2.34. The lowest BCUT2D eigenvalue weighted by Crippen LogP contribution is -2.36. The van der Waals surface area contributed by atoms with Crippen LogP contribution >= 0.6 is 0 Å². The molecule has 0 aliphatic rings. The minimum atomic E-state index is 0.561. The summed E-state index contributed by atoms with van der Waals surface area (Å²) in [7, 11) is 2.17. The van der Waals surface area contributed by atoms with E-state index in [-0.39, 0.29) is 0 Å². The second-order valence-electron chi connectivity index (χ2n) is 5.18. The maximum Gasteiger partial charge on any atom is 0.0543 e. The minimum Gasteiger partial charge on any atom is -0.314 e. The molecule has 0 aromatic carbocycles. The van der Waals surface area contributed by atoms with Gasteiger partial charge in [-0.3, -0.25) is 9.88 Å². The molecule has 0 amide bonds. The van der Waals surface area contributed by atoms with Crippen LogP contribution in [0.4, 0.5) is 0 Å². The Morgan fingerprint density at radius 3 is 2.72 bits per heavy atom. The van der Waals surface area contributed by atoms with Crippen LogP contribution in [0.25, 0.3) is 0 Å². The van der Waals surface area contributed by atoms with Crippen LogP contribution < -0.4 is 5.32 Å². The molecule has 0 fully saturated rings. The van der Waals surface area contributed by atoms with Gasteiger partial charge in [0.05, 0.1) is 5.69 Å². The second kappa shape index (κ2) is 8.22. The first-order valence-electron chi connectivity index (χ1n) is 6.97. The molecule has 0 bridgehead atoms. The van der Waals surface area contributed by atoms with E-state index >= 15 is 0 Å². The molecule has 0 saturated heterocycles. The Labute approximate surface area is 112 Å². The first kappa shape index (κ1) is 15.1. The number of hydrogen-bond acceptors (Lipinski definition) is 3. The molecule has 2 unspecified atom stereocenters. The van der Waals surface area contributed by atoms with Crippen molar-refractivity contribution in [3.05, 3.63) is 30.1 Å². The molecule has 18 heavy (non-hydrogen) atoms. The first-order valence-corrected chi connectivity index (χ1v) is 6.97. The quantitative estimate of drug-likeness (QED) is 0.768. The van der Waals surface area contributed by atoms with Crippen LogP contribution in [0.5, 0.6) is 0 Å². The van der Waals surface area contributed by atoms with Gasteiger partial charge in [0, 0.05) is 24.8 Å². The number of hydrogen-bond donors (Lipinski definition) is 1. The Kier molecular flexibility index (Phi) is 6.91. The number of rotatable bonds is 8. The van der Waals surface area contributed by atoms with Crippen molar-refractivity contribution in [2.45, 2.75) is 52.2 Å². The van der Waals surface area contributed by atoms with Gasteiger partial charge in [0.1, 0.15) is 0 Å². The molecular weight excluding hydrogens is 222 g/mol. The van der Waals surface area contributed by atoms with E-state index < -0.39 is 0 Å². The molecule has 0 aliphatic heterocycles. The highest BCUT2D eigenvalue weighted by atomic mass is 15.1. The highest BCUT2D eigenvalue weighted by molar-refractivity contribution is 5.03. The normalized spacial score (nSPS) is 14.7. The van der Waals surface area contributed by atoms with E-state index in [4.69, 9.17) is 0 Å². The molecule has 2 atom stereocenters. The van der Waals surface area contributed by atoms with Crippen LogP contribution in [0.15, 0.2) is 24.4 Å². The molecule has 1 aromatic rings. The van der Waals surface area contributed by atoms with E-state index in [1.165, 1.54) is 12.8 Å². The third-order valence-corrected chi connectivity index (χ3v) is 3.33. The van der Waals surface area contributed by atoms with Crippen molar-refractivity contribution in [2.24, 2.45) is 0 Å². The van der Waals surface area contributed by atoms with Gasteiger partial charge in [-0.05, 0) is 52.4 Å². The zero-order valence-corrected chi connectivity index (χ0v) is 12.2. The van der Waals surface area contributed by atoms with Gasteiger partial charge in [-0.1, -0.05) is 13.0 Å². The summed E-state index contributed by atoms with van der Waals surface area (Å²) in [4.78, 5) is 6.74. The van der Waals surface area contributed by atoms with Crippen LogP contribution in [-0.4, -0.2) is 35.6 Å². The predicted molar refractivity (Wildman–Crippen MR) is 77.5 cm³/mol. The summed E-state index contributed by atoms with van der Waals surface area (Å²) in [5.74, 6) is 0. The third-order valence-electron chi connectivity index (χ3n) is 3.33. The second-order valence-corrected chi connectivity index (χ2v) is 5.18. The topological polar surface area (TPSA) is 28.2 Å². The van der Waals surface area contributed by atoms with Gasteiger partial charge in [0.2, 0.25) is 0 Å². The Hall–Kier alpha value is -0.930. The van der Waals surface area contributed by atoms with E-state index in [1.807, 2.05) is 18.3 Å². The Bertz CT molecular complexity index is 313. The summed E-state index contributed by atoms with van der Waals surface area (Å²) >= 11 is 0. The average Bonchev–Trinajstić information content (AvgIpc) is 2.37. The van der Waals surface area contributed by atoms with Crippen LogP contribution in [-0.2, 0) is 6.54 Å². The Morgan fingerprint density at radius 2 is 2.11 bits per heavy atom. The number of nitrogens with zero attached hydrogens (tertiary/aromatic N) is 2. The Morgan fingerprint density at radius 1 is 1.33 bits per heavy atom. The molecule has 1 N–H and O–H groups in total. The van der Waals surface area contributed by atoms with Gasteiger partial charge in [0.15, 0.2) is 0 Å². The largest absolute Gasteiger partial charge is 0.314 e. The number of aromatic nitrogens is 1. The summed E-state index contributed by atoms with van der Waals surface area (Å²) in [6, 6.07) is 7.23. The fourth-order valence-corrected chi connectivity index (χ4v) is 2.07. The fraction of sp³-hybridized carbons (Fsp3) is 0.667. The molecule has 3 heteroatoms. The average molecular weight is 249 g/mol. The molecular formula is C15H27N3. The standard InChI is InChI=1S/C15H27N3/c1-5-9-16-13(2)11-14(3)18(4)12-15-8-6-7-10-17-15/h6-8,10,13-14,16H,5,9,11-12H2,1-4H3. The molecule has 0 saturated carbocycles. The summed E-state index contributed by atoms with van der Waals surface area (Å²) in [5, 5.41) is 3.54. The van der Waals surface area contributed by atoms with Crippen molar-refractivity contribution in [1.82, 2.24) is 15.2 Å². The number of nitrogens with one attached hydrogen (secondary N) is 1. The zero-order valence-electron chi connectivity index (χ0n) is 12.2. The molecule has 102 valence electrons. The van der Waals surface area contributed by atoms with E-state index in [1.54, 1.807) is 0 Å². The highest BCUT2D eigenvalue weighted by Crippen LogP contribution is 2.08. The maximum atomic E-state index is 4.37. The van der Waals surface area contributed by atoms with Crippen LogP contribution in [0.2, 0.25) is 0 Å². The van der Waals surface area contributed by atoms with Gasteiger partial charge in [0.25, 0.3) is 0 Å². The van der Waals surface area contributed by atoms with Gasteiger partial charge in [-0.2, -0.15) is 0 Å². The van der Waals surface area contributed by atoms with Crippen molar-refractivity contribution in [3.63, 3.8) is 0 Å². The summed E-state index contributed by atoms with van der Waals surface area (Å²) in [6.45, 7) is 8.78. The van der Waals surface area contributed by atoms with Crippen molar-refractivity contribution in [2.75, 3.05) is 13.6 Å². The van der Waals surface area contributed by atoms with Crippen LogP contribution in [0.1, 0.15) is 39.3 Å². The summed E-state index contributed by atoms with van der Waals surface area (Å²) in [5.41, 5.74) is 1.14. The van der Waals surface area contributed by atoms with E-state index in [0.717, 1.165) is 18.8 Å². The summed E-state index contributed by atoms with van der Waals surface area (Å²) in [6.07, 6.45) is 4.23. The van der Waals surface area contributed by atoms with Crippen molar-refractivity contribution < 1.29 is 0 Å². The molecule has 1 heterocycles. The van der Waals surface area contributed by atoms with Crippen molar-refractivity contribution in [3.8, 4) is 0 Å². The third kappa shape index (κ3) is 5.61. The lowest BCUT2D eigenvalue weighted by atomic mass is 10.1. The van der Waals surface area contributed by atoms with E-state index in [0.29, 0.717) is 12.1 Å². The number of pyridine rings is 1. The SMILES string of the molecule is CCCNC(C)CC(C)N(C)Cc1ccccn1. The van der Waals surface area contributed by atoms with Crippen LogP contribution in [0, 0.1) is 0 Å².